The molecule has 0 spiro atoms. The molecular formula is C13H23N3O. The summed E-state index contributed by atoms with van der Waals surface area (Å²) in [6, 6.07) is 5.62. The van der Waals surface area contributed by atoms with Crippen LogP contribution in [0.3, 0.4) is 0 Å². The summed E-state index contributed by atoms with van der Waals surface area (Å²) in [5.74, 6) is 0. The molecule has 0 aliphatic carbocycles. The Bertz CT molecular complexity index is 364. The second-order valence-corrected chi connectivity index (χ2v) is 5.10. The van der Waals surface area contributed by atoms with Crippen LogP contribution in [0.1, 0.15) is 20.3 Å². The summed E-state index contributed by atoms with van der Waals surface area (Å²) in [4.78, 5) is 0. The highest BCUT2D eigenvalue weighted by molar-refractivity contribution is 5.69. The molecule has 0 unspecified atom stereocenters. The zero-order valence-corrected chi connectivity index (χ0v) is 10.9. The number of anilines is 3. The van der Waals surface area contributed by atoms with Crippen LogP contribution in [0.25, 0.3) is 0 Å². The lowest BCUT2D eigenvalue weighted by molar-refractivity contribution is 0.157. The first-order chi connectivity index (χ1) is 7.94. The molecular weight excluding hydrogens is 214 g/mol. The van der Waals surface area contributed by atoms with E-state index in [4.69, 9.17) is 16.2 Å². The van der Waals surface area contributed by atoms with Gasteiger partial charge in [0.15, 0.2) is 0 Å². The van der Waals surface area contributed by atoms with E-state index < -0.39 is 0 Å². The molecule has 96 valence electrons. The number of ether oxygens (including phenoxy) is 1. The fourth-order valence-corrected chi connectivity index (χ4v) is 1.49. The van der Waals surface area contributed by atoms with E-state index >= 15 is 0 Å². The van der Waals surface area contributed by atoms with E-state index in [1.165, 1.54) is 0 Å². The fourth-order valence-electron chi connectivity index (χ4n) is 1.49. The van der Waals surface area contributed by atoms with Gasteiger partial charge in [-0.05, 0) is 30.0 Å². The fraction of sp³-hybridized carbons (Fsp3) is 0.538. The predicted octanol–water partition coefficient (Wildman–Crippen LogP) is 2.33. The van der Waals surface area contributed by atoms with Crippen LogP contribution in [0, 0.1) is 5.41 Å². The third-order valence-electron chi connectivity index (χ3n) is 2.84. The molecule has 1 rings (SSSR count). The number of nitrogens with one attached hydrogen (secondary N) is 1. The van der Waals surface area contributed by atoms with Crippen LogP contribution < -0.4 is 16.8 Å². The first-order valence-corrected chi connectivity index (χ1v) is 5.82. The lowest BCUT2D eigenvalue weighted by atomic mass is 9.89. The average Bonchev–Trinajstić information content (AvgIpc) is 2.28. The van der Waals surface area contributed by atoms with Gasteiger partial charge in [0.2, 0.25) is 0 Å². The van der Waals surface area contributed by atoms with Gasteiger partial charge in [0.1, 0.15) is 0 Å². The molecule has 4 nitrogen and oxygen atoms in total. The highest BCUT2D eigenvalue weighted by Gasteiger charge is 2.17. The Kier molecular flexibility index (Phi) is 4.63. The number of methoxy groups -OCH3 is 1. The zero-order valence-electron chi connectivity index (χ0n) is 10.9. The van der Waals surface area contributed by atoms with Gasteiger partial charge in [0.25, 0.3) is 0 Å². The van der Waals surface area contributed by atoms with Crippen molar-refractivity contribution in [1.29, 1.82) is 0 Å². The normalized spacial score (nSPS) is 11.5. The van der Waals surface area contributed by atoms with Crippen molar-refractivity contribution in [2.75, 3.05) is 37.0 Å². The molecule has 0 bridgehead atoms. The molecule has 0 saturated heterocycles. The van der Waals surface area contributed by atoms with Gasteiger partial charge in [0, 0.05) is 25.9 Å². The molecule has 17 heavy (non-hydrogen) atoms. The maximum Gasteiger partial charge on any atom is 0.0568 e. The minimum Gasteiger partial charge on any atom is -0.397 e. The van der Waals surface area contributed by atoms with Crippen molar-refractivity contribution in [3.63, 3.8) is 0 Å². The van der Waals surface area contributed by atoms with E-state index in [9.17, 15) is 0 Å². The number of hydrogen-bond donors (Lipinski definition) is 3. The second kappa shape index (κ2) is 5.77. The lowest BCUT2D eigenvalue weighted by Gasteiger charge is -2.25. The Morgan fingerprint density at radius 2 is 1.94 bits per heavy atom. The van der Waals surface area contributed by atoms with Crippen LogP contribution >= 0.6 is 0 Å². The minimum absolute atomic E-state index is 0.187. The maximum absolute atomic E-state index is 5.76. The van der Waals surface area contributed by atoms with Crippen molar-refractivity contribution >= 4 is 17.1 Å². The molecule has 1 aromatic rings. The molecule has 0 saturated carbocycles. The molecule has 0 atom stereocenters. The van der Waals surface area contributed by atoms with Crippen LogP contribution in [-0.4, -0.2) is 20.3 Å². The Hall–Kier alpha value is -1.42. The van der Waals surface area contributed by atoms with Gasteiger partial charge in [0.05, 0.1) is 11.4 Å². The summed E-state index contributed by atoms with van der Waals surface area (Å²) in [5, 5.41) is 3.37. The first kappa shape index (κ1) is 13.6. The molecule has 0 radical (unpaired) electrons. The minimum atomic E-state index is 0.187. The van der Waals surface area contributed by atoms with Gasteiger partial charge >= 0.3 is 0 Å². The van der Waals surface area contributed by atoms with E-state index in [2.05, 4.69) is 19.2 Å². The van der Waals surface area contributed by atoms with Crippen molar-refractivity contribution in [3.8, 4) is 0 Å². The first-order valence-electron chi connectivity index (χ1n) is 5.82. The molecule has 0 aliphatic rings. The average molecular weight is 237 g/mol. The van der Waals surface area contributed by atoms with Gasteiger partial charge in [-0.3, -0.25) is 0 Å². The summed E-state index contributed by atoms with van der Waals surface area (Å²) in [5.41, 5.74) is 13.8. The van der Waals surface area contributed by atoms with Crippen molar-refractivity contribution < 1.29 is 4.74 Å². The quantitative estimate of drug-likeness (QED) is 0.664. The van der Waals surface area contributed by atoms with Gasteiger partial charge in [-0.2, -0.15) is 0 Å². The van der Waals surface area contributed by atoms with Gasteiger partial charge < -0.3 is 21.5 Å². The number of nitrogens with two attached hydrogens (primary N) is 2. The van der Waals surface area contributed by atoms with Crippen molar-refractivity contribution in [2.45, 2.75) is 20.3 Å². The molecule has 0 amide bonds. The predicted molar refractivity (Wildman–Crippen MR) is 74.0 cm³/mol. The summed E-state index contributed by atoms with van der Waals surface area (Å²) in [7, 11) is 1.73. The topological polar surface area (TPSA) is 73.3 Å². The third kappa shape index (κ3) is 4.53. The number of benzene rings is 1. The summed E-state index contributed by atoms with van der Waals surface area (Å²) < 4.78 is 5.10. The summed E-state index contributed by atoms with van der Waals surface area (Å²) >= 11 is 0. The second-order valence-electron chi connectivity index (χ2n) is 5.10. The van der Waals surface area contributed by atoms with Crippen molar-refractivity contribution in [1.82, 2.24) is 0 Å². The van der Waals surface area contributed by atoms with Crippen LogP contribution in [-0.2, 0) is 4.74 Å². The number of hydrogen-bond acceptors (Lipinski definition) is 4. The highest BCUT2D eigenvalue weighted by atomic mass is 16.5. The standard InChI is InChI=1S/C13H23N3O/c1-13(2,6-7-17-3)9-16-10-4-5-11(14)12(15)8-10/h4-5,8,16H,6-7,9,14-15H2,1-3H3. The van der Waals surface area contributed by atoms with Crippen molar-refractivity contribution in [3.05, 3.63) is 18.2 Å². The Balaban J connectivity index is 2.51. The van der Waals surface area contributed by atoms with Crippen LogP contribution in [0.4, 0.5) is 17.1 Å². The Morgan fingerprint density at radius 3 is 2.53 bits per heavy atom. The van der Waals surface area contributed by atoms with Gasteiger partial charge in [-0.25, -0.2) is 0 Å². The van der Waals surface area contributed by atoms with Gasteiger partial charge in [-0.15, -0.1) is 0 Å². The molecule has 5 N–H and O–H groups in total. The summed E-state index contributed by atoms with van der Waals surface area (Å²) in [6.45, 7) is 6.07. The third-order valence-corrected chi connectivity index (χ3v) is 2.84. The Morgan fingerprint density at radius 1 is 1.24 bits per heavy atom. The summed E-state index contributed by atoms with van der Waals surface area (Å²) in [6.07, 6.45) is 1.01. The van der Waals surface area contributed by atoms with E-state index in [0.29, 0.717) is 11.4 Å². The van der Waals surface area contributed by atoms with Crippen LogP contribution in [0.2, 0.25) is 0 Å². The molecule has 0 aliphatic heterocycles. The number of rotatable bonds is 6. The molecule has 0 aromatic heterocycles. The van der Waals surface area contributed by atoms with E-state index in [1.54, 1.807) is 7.11 Å². The van der Waals surface area contributed by atoms with E-state index in [0.717, 1.165) is 25.3 Å². The smallest absolute Gasteiger partial charge is 0.0568 e. The SMILES string of the molecule is COCCC(C)(C)CNc1ccc(N)c(N)c1. The highest BCUT2D eigenvalue weighted by Crippen LogP contribution is 2.24. The Labute approximate surface area is 103 Å². The molecule has 0 heterocycles. The monoisotopic (exact) mass is 237 g/mol. The largest absolute Gasteiger partial charge is 0.397 e. The number of nitrogen functional groups attached to an aromatic ring is 2. The van der Waals surface area contributed by atoms with Crippen molar-refractivity contribution in [2.24, 2.45) is 5.41 Å². The van der Waals surface area contributed by atoms with Crippen LogP contribution in [0.15, 0.2) is 18.2 Å². The van der Waals surface area contributed by atoms with Gasteiger partial charge in [-0.1, -0.05) is 13.8 Å². The lowest BCUT2D eigenvalue weighted by Crippen LogP contribution is -2.24. The van der Waals surface area contributed by atoms with E-state index in [1.807, 2.05) is 18.2 Å². The zero-order chi connectivity index (χ0) is 12.9. The molecule has 1 aromatic carbocycles. The molecule has 4 heteroatoms. The van der Waals surface area contributed by atoms with Crippen LogP contribution in [0.5, 0.6) is 0 Å². The maximum atomic E-state index is 5.76. The molecule has 0 fully saturated rings. The van der Waals surface area contributed by atoms with E-state index in [-0.39, 0.29) is 5.41 Å².